The lowest BCUT2D eigenvalue weighted by Crippen LogP contribution is -2.04. The first-order valence-electron chi connectivity index (χ1n) is 6.50. The van der Waals surface area contributed by atoms with Crippen LogP contribution < -0.4 is 5.32 Å². The molecule has 96 valence electrons. The molecule has 0 atom stereocenters. The predicted molar refractivity (Wildman–Crippen MR) is 82.3 cm³/mol. The Morgan fingerprint density at radius 2 is 2.06 bits per heavy atom. The molecule has 1 heterocycles. The molecule has 0 saturated carbocycles. The van der Waals surface area contributed by atoms with E-state index in [1.165, 1.54) is 16.5 Å². The van der Waals surface area contributed by atoms with Crippen LogP contribution in [0.15, 0.2) is 22.7 Å². The number of hydrogen-bond acceptors (Lipinski definition) is 2. The van der Waals surface area contributed by atoms with Crippen molar-refractivity contribution in [2.75, 3.05) is 11.9 Å². The van der Waals surface area contributed by atoms with Gasteiger partial charge in [-0.2, -0.15) is 0 Å². The van der Waals surface area contributed by atoms with Crippen molar-refractivity contribution in [1.82, 2.24) is 4.98 Å². The van der Waals surface area contributed by atoms with E-state index >= 15 is 0 Å². The molecule has 18 heavy (non-hydrogen) atoms. The zero-order valence-corrected chi connectivity index (χ0v) is 12.8. The Kier molecular flexibility index (Phi) is 4.23. The van der Waals surface area contributed by atoms with Crippen molar-refractivity contribution in [1.29, 1.82) is 0 Å². The van der Waals surface area contributed by atoms with E-state index in [0.717, 1.165) is 35.2 Å². The van der Waals surface area contributed by atoms with Crippen molar-refractivity contribution in [3.8, 4) is 0 Å². The van der Waals surface area contributed by atoms with Gasteiger partial charge in [0.2, 0.25) is 0 Å². The number of halogens is 1. The zero-order valence-electron chi connectivity index (χ0n) is 11.2. The summed E-state index contributed by atoms with van der Waals surface area (Å²) < 4.78 is 1.12. The normalized spacial score (nSPS) is 10.9. The average molecular weight is 307 g/mol. The first kappa shape index (κ1) is 13.3. The van der Waals surface area contributed by atoms with Crippen molar-refractivity contribution in [2.45, 2.75) is 33.6 Å². The van der Waals surface area contributed by atoms with Crippen LogP contribution in [0.5, 0.6) is 0 Å². The smallest absolute Gasteiger partial charge is 0.129 e. The number of fused-ring (bicyclic) bond motifs is 1. The van der Waals surface area contributed by atoms with Gasteiger partial charge in [0, 0.05) is 16.4 Å². The van der Waals surface area contributed by atoms with Gasteiger partial charge in [0.25, 0.3) is 0 Å². The molecule has 0 aliphatic rings. The van der Waals surface area contributed by atoms with E-state index in [9.17, 15) is 0 Å². The second kappa shape index (κ2) is 5.70. The number of aryl methyl sites for hydroxylation is 2. The summed E-state index contributed by atoms with van der Waals surface area (Å²) in [4.78, 5) is 4.80. The molecule has 0 bridgehead atoms. The molecular formula is C15H19BrN2. The molecule has 0 spiro atoms. The van der Waals surface area contributed by atoms with Crippen LogP contribution in [0.1, 0.15) is 31.4 Å². The van der Waals surface area contributed by atoms with Gasteiger partial charge in [-0.25, -0.2) is 4.98 Å². The Balaban J connectivity index is 2.67. The molecule has 1 N–H and O–H groups in total. The van der Waals surface area contributed by atoms with Crippen molar-refractivity contribution >= 4 is 32.7 Å². The summed E-state index contributed by atoms with van der Waals surface area (Å²) in [5.41, 5.74) is 3.61. The molecule has 0 radical (unpaired) electrons. The molecule has 0 aliphatic carbocycles. The number of rotatable bonds is 4. The predicted octanol–water partition coefficient (Wildman–Crippen LogP) is 4.69. The topological polar surface area (TPSA) is 24.9 Å². The van der Waals surface area contributed by atoms with Gasteiger partial charge < -0.3 is 5.32 Å². The van der Waals surface area contributed by atoms with Crippen molar-refractivity contribution < 1.29 is 0 Å². The van der Waals surface area contributed by atoms with Gasteiger partial charge in [0.05, 0.1) is 5.52 Å². The maximum absolute atomic E-state index is 4.80. The molecule has 2 nitrogen and oxygen atoms in total. The van der Waals surface area contributed by atoms with Crippen LogP contribution in [0.2, 0.25) is 0 Å². The molecule has 1 aromatic heterocycles. The van der Waals surface area contributed by atoms with Crippen LogP contribution in [-0.2, 0) is 6.42 Å². The number of nitrogens with one attached hydrogen (secondary N) is 1. The maximum Gasteiger partial charge on any atom is 0.129 e. The van der Waals surface area contributed by atoms with Crippen LogP contribution in [-0.4, -0.2) is 11.5 Å². The molecule has 3 heteroatoms. The van der Waals surface area contributed by atoms with Crippen LogP contribution >= 0.6 is 15.9 Å². The molecule has 0 aliphatic heterocycles. The van der Waals surface area contributed by atoms with E-state index in [0.29, 0.717) is 0 Å². The highest BCUT2D eigenvalue weighted by atomic mass is 79.9. The van der Waals surface area contributed by atoms with Gasteiger partial charge in [-0.1, -0.05) is 35.3 Å². The minimum atomic E-state index is 0.905. The standard InChI is InChI=1S/C15H19BrN2/c1-4-6-11-9-12-13(16)8-7-10(3)14(12)18-15(11)17-5-2/h7-9H,4-6H2,1-3H3,(H,17,18). The SMILES string of the molecule is CCCc1cc2c(Br)ccc(C)c2nc1NCC. The Labute approximate surface area is 117 Å². The molecule has 0 unspecified atom stereocenters. The molecule has 0 saturated heterocycles. The van der Waals surface area contributed by atoms with Gasteiger partial charge >= 0.3 is 0 Å². The third kappa shape index (κ3) is 2.51. The zero-order chi connectivity index (χ0) is 13.1. The van der Waals surface area contributed by atoms with E-state index in [1.807, 2.05) is 0 Å². The number of anilines is 1. The number of nitrogens with zero attached hydrogens (tertiary/aromatic N) is 1. The lowest BCUT2D eigenvalue weighted by atomic mass is 10.1. The van der Waals surface area contributed by atoms with Crippen LogP contribution in [0, 0.1) is 6.92 Å². The average Bonchev–Trinajstić information content (AvgIpc) is 2.36. The number of pyridine rings is 1. The van der Waals surface area contributed by atoms with Crippen LogP contribution in [0.25, 0.3) is 10.9 Å². The van der Waals surface area contributed by atoms with Crippen molar-refractivity contribution in [3.05, 3.63) is 33.8 Å². The minimum absolute atomic E-state index is 0.905. The lowest BCUT2D eigenvalue weighted by molar-refractivity contribution is 0.915. The first-order chi connectivity index (χ1) is 8.67. The second-order valence-corrected chi connectivity index (χ2v) is 5.39. The fourth-order valence-electron chi connectivity index (χ4n) is 2.18. The van der Waals surface area contributed by atoms with E-state index in [-0.39, 0.29) is 0 Å². The molecule has 2 rings (SSSR count). The summed E-state index contributed by atoms with van der Waals surface area (Å²) in [5.74, 6) is 1.04. The third-order valence-electron chi connectivity index (χ3n) is 3.08. The second-order valence-electron chi connectivity index (χ2n) is 4.54. The molecule has 2 aromatic rings. The van der Waals surface area contributed by atoms with Crippen LogP contribution in [0.3, 0.4) is 0 Å². The summed E-state index contributed by atoms with van der Waals surface area (Å²) in [6.07, 6.45) is 2.20. The van der Waals surface area contributed by atoms with Gasteiger partial charge in [0.1, 0.15) is 5.82 Å². The van der Waals surface area contributed by atoms with Crippen molar-refractivity contribution in [2.24, 2.45) is 0 Å². The number of benzene rings is 1. The van der Waals surface area contributed by atoms with Gasteiger partial charge in [-0.3, -0.25) is 0 Å². The molecule has 0 fully saturated rings. The van der Waals surface area contributed by atoms with E-state index < -0.39 is 0 Å². The highest BCUT2D eigenvalue weighted by molar-refractivity contribution is 9.10. The number of aromatic nitrogens is 1. The Morgan fingerprint density at radius 1 is 1.28 bits per heavy atom. The van der Waals surface area contributed by atoms with Gasteiger partial charge in [0.15, 0.2) is 0 Å². The summed E-state index contributed by atoms with van der Waals surface area (Å²) in [6, 6.07) is 6.47. The Bertz CT molecular complexity index is 513. The molecule has 0 amide bonds. The van der Waals surface area contributed by atoms with Gasteiger partial charge in [-0.05, 0) is 43.5 Å². The summed E-state index contributed by atoms with van der Waals surface area (Å²) in [6.45, 7) is 7.32. The number of hydrogen-bond donors (Lipinski definition) is 1. The fraction of sp³-hybridized carbons (Fsp3) is 0.400. The van der Waals surface area contributed by atoms with E-state index in [1.54, 1.807) is 0 Å². The Morgan fingerprint density at radius 3 is 2.72 bits per heavy atom. The molecule has 1 aromatic carbocycles. The lowest BCUT2D eigenvalue weighted by Gasteiger charge is -2.13. The highest BCUT2D eigenvalue weighted by Gasteiger charge is 2.09. The monoisotopic (exact) mass is 306 g/mol. The molecular weight excluding hydrogens is 288 g/mol. The van der Waals surface area contributed by atoms with E-state index in [4.69, 9.17) is 4.98 Å². The maximum atomic E-state index is 4.80. The van der Waals surface area contributed by atoms with Gasteiger partial charge in [-0.15, -0.1) is 0 Å². The van der Waals surface area contributed by atoms with Crippen molar-refractivity contribution in [3.63, 3.8) is 0 Å². The summed E-state index contributed by atoms with van der Waals surface area (Å²) >= 11 is 3.62. The first-order valence-corrected chi connectivity index (χ1v) is 7.29. The van der Waals surface area contributed by atoms with Crippen LogP contribution in [0.4, 0.5) is 5.82 Å². The third-order valence-corrected chi connectivity index (χ3v) is 3.77. The Hall–Kier alpha value is -1.09. The van der Waals surface area contributed by atoms with E-state index in [2.05, 4.69) is 60.2 Å². The minimum Gasteiger partial charge on any atom is -0.370 e. The quantitative estimate of drug-likeness (QED) is 0.886. The summed E-state index contributed by atoms with van der Waals surface area (Å²) in [5, 5.41) is 4.58. The largest absolute Gasteiger partial charge is 0.370 e. The summed E-state index contributed by atoms with van der Waals surface area (Å²) in [7, 11) is 0. The fourth-order valence-corrected chi connectivity index (χ4v) is 2.62. The highest BCUT2D eigenvalue weighted by Crippen LogP contribution is 2.29.